The maximum atomic E-state index is 12.8. The maximum Gasteiger partial charge on any atom is 0.256 e. The van der Waals surface area contributed by atoms with Gasteiger partial charge < -0.3 is 40.7 Å². The molecule has 2 atom stereocenters. The highest BCUT2D eigenvalue weighted by Crippen LogP contribution is 2.37. The molecule has 0 aromatic carbocycles. The number of aromatic nitrogens is 5. The molecule has 16 heteroatoms. The number of ether oxygens (including phenoxy) is 1. The predicted octanol–water partition coefficient (Wildman–Crippen LogP) is 2.31. The van der Waals surface area contributed by atoms with E-state index in [-0.39, 0.29) is 46.0 Å². The van der Waals surface area contributed by atoms with Gasteiger partial charge in [0.25, 0.3) is 5.91 Å². The zero-order valence-electron chi connectivity index (χ0n) is 22.4. The first kappa shape index (κ1) is 26.4. The molecule has 1 amide bonds. The second-order valence-electron chi connectivity index (χ2n) is 10.3. The topological polar surface area (TPSA) is 205 Å². The Morgan fingerprint density at radius 3 is 2.81 bits per heavy atom. The third-order valence-corrected chi connectivity index (χ3v) is 8.78. The number of anilines is 4. The van der Waals surface area contributed by atoms with E-state index in [0.717, 1.165) is 30.7 Å². The van der Waals surface area contributed by atoms with Crippen molar-refractivity contribution in [2.24, 2.45) is 11.5 Å². The summed E-state index contributed by atoms with van der Waals surface area (Å²) in [5.74, 6) is -0.0765. The molecule has 15 nitrogen and oxygen atoms in total. The fourth-order valence-corrected chi connectivity index (χ4v) is 6.61. The van der Waals surface area contributed by atoms with Gasteiger partial charge in [0.05, 0.1) is 28.5 Å². The van der Waals surface area contributed by atoms with E-state index in [0.29, 0.717) is 48.2 Å². The molecule has 5 aromatic rings. The summed E-state index contributed by atoms with van der Waals surface area (Å²) >= 11 is 1.44. The van der Waals surface area contributed by atoms with Gasteiger partial charge in [-0.05, 0) is 12.8 Å². The smallest absolute Gasteiger partial charge is 0.256 e. The summed E-state index contributed by atoms with van der Waals surface area (Å²) in [5, 5.41) is 15.7. The average molecular weight is 593 g/mol. The predicted molar refractivity (Wildman–Crippen MR) is 155 cm³/mol. The van der Waals surface area contributed by atoms with Crippen LogP contribution in [0.4, 0.5) is 22.7 Å². The fraction of sp³-hybridized carbons (Fsp3) is 0.385. The first-order valence-electron chi connectivity index (χ1n) is 13.6. The van der Waals surface area contributed by atoms with Crippen LogP contribution in [0.5, 0.6) is 0 Å². The minimum absolute atomic E-state index is 0.0216. The van der Waals surface area contributed by atoms with Crippen molar-refractivity contribution in [3.8, 4) is 11.3 Å². The minimum atomic E-state index is -0.745. The highest BCUT2D eigenvalue weighted by atomic mass is 32.1. The Kier molecular flexibility index (Phi) is 6.72. The molecule has 218 valence electrons. The monoisotopic (exact) mass is 592 g/mol. The van der Waals surface area contributed by atoms with Crippen molar-refractivity contribution in [1.82, 2.24) is 24.7 Å². The van der Waals surface area contributed by atoms with Crippen molar-refractivity contribution in [3.63, 3.8) is 0 Å². The number of primary amides is 1. The van der Waals surface area contributed by atoms with Crippen LogP contribution in [0.15, 0.2) is 38.5 Å². The molecule has 2 aliphatic rings. The van der Waals surface area contributed by atoms with E-state index in [1.165, 1.54) is 28.4 Å². The number of fused-ring (bicyclic) bond motifs is 2. The summed E-state index contributed by atoms with van der Waals surface area (Å²) in [4.78, 5) is 36.4. The molecule has 1 aliphatic carbocycles. The lowest BCUT2D eigenvalue weighted by Crippen LogP contribution is -2.43. The van der Waals surface area contributed by atoms with Gasteiger partial charge in [-0.2, -0.15) is 14.6 Å². The first-order chi connectivity index (χ1) is 20.5. The zero-order valence-corrected chi connectivity index (χ0v) is 23.2. The van der Waals surface area contributed by atoms with E-state index in [1.54, 1.807) is 12.1 Å². The molecule has 7 rings (SSSR count). The van der Waals surface area contributed by atoms with Gasteiger partial charge in [0, 0.05) is 37.3 Å². The number of nitrogens with one attached hydrogen (secondary N) is 2. The van der Waals surface area contributed by atoms with Crippen LogP contribution in [0, 0.1) is 0 Å². The van der Waals surface area contributed by atoms with Crippen LogP contribution in [-0.2, 0) is 4.74 Å². The number of hydrogen-bond donors (Lipinski definition) is 4. The molecule has 1 saturated heterocycles. The van der Waals surface area contributed by atoms with Crippen molar-refractivity contribution >= 4 is 55.8 Å². The Labute approximate surface area is 241 Å². The Morgan fingerprint density at radius 2 is 2.00 bits per heavy atom. The lowest BCUT2D eigenvalue weighted by molar-refractivity contribution is 0.100. The zero-order chi connectivity index (χ0) is 28.8. The van der Waals surface area contributed by atoms with Crippen LogP contribution < -0.4 is 32.4 Å². The summed E-state index contributed by atoms with van der Waals surface area (Å²) < 4.78 is 18.7. The van der Waals surface area contributed by atoms with E-state index in [2.05, 4.69) is 35.8 Å². The molecule has 6 N–H and O–H groups in total. The summed E-state index contributed by atoms with van der Waals surface area (Å²) in [5.41, 5.74) is 13.4. The minimum Gasteiger partial charge on any atom is -0.459 e. The van der Waals surface area contributed by atoms with Crippen molar-refractivity contribution in [2.75, 3.05) is 41.8 Å². The van der Waals surface area contributed by atoms with Gasteiger partial charge >= 0.3 is 0 Å². The summed E-state index contributed by atoms with van der Waals surface area (Å²) in [6.45, 7) is 2.59. The number of morpholine rings is 1. The standard InChI is InChI=1S/C26H28N10O5S/c27-14-3-1-2-4-15(14)31-26-33-24(20(23(28)38)25-29-12-30-36(25)26)32-18-9-16(34-41-18)13-11-40-21-17(37)10-19(42-22(13)21)35-5-7-39-8-6-35/h9-12,14-15,32H,1-8,27H2,(H2,28,38)(H,31,33)/t14-,15+/m1/s1. The van der Waals surface area contributed by atoms with Gasteiger partial charge in [-0.15, -0.1) is 11.3 Å². The molecule has 42 heavy (non-hydrogen) atoms. The van der Waals surface area contributed by atoms with Crippen molar-refractivity contribution in [2.45, 2.75) is 37.8 Å². The number of nitrogens with two attached hydrogens (primary N) is 2. The highest BCUT2D eigenvalue weighted by Gasteiger charge is 2.27. The van der Waals surface area contributed by atoms with Crippen LogP contribution in [0.1, 0.15) is 36.0 Å². The second-order valence-corrected chi connectivity index (χ2v) is 11.3. The third kappa shape index (κ3) is 4.72. The summed E-state index contributed by atoms with van der Waals surface area (Å²) in [6.07, 6.45) is 6.70. The number of carbonyl (C=O) groups is 1. The van der Waals surface area contributed by atoms with Crippen molar-refractivity contribution < 1.29 is 18.5 Å². The Hall–Kier alpha value is -4.54. The first-order valence-corrected chi connectivity index (χ1v) is 14.5. The van der Waals surface area contributed by atoms with Crippen LogP contribution in [0.3, 0.4) is 0 Å². The highest BCUT2D eigenvalue weighted by molar-refractivity contribution is 7.22. The van der Waals surface area contributed by atoms with Gasteiger partial charge in [0.2, 0.25) is 17.3 Å². The molecule has 1 aliphatic heterocycles. The van der Waals surface area contributed by atoms with E-state index < -0.39 is 5.91 Å². The SMILES string of the molecule is NC(=O)c1c(Nc2cc(-c3coc4c(=O)cc(N5CCOCC5)sc34)no2)nc(N[C@H]2CCCC[C@H]2N)n2ncnc12. The second kappa shape index (κ2) is 10.7. The number of amides is 1. The Bertz CT molecular complexity index is 1840. The quantitative estimate of drug-likeness (QED) is 0.214. The molecule has 6 heterocycles. The largest absolute Gasteiger partial charge is 0.459 e. The lowest BCUT2D eigenvalue weighted by Gasteiger charge is -2.29. The van der Waals surface area contributed by atoms with Crippen molar-refractivity contribution in [1.29, 1.82) is 0 Å². The molecular formula is C26H28N10O5S. The maximum absolute atomic E-state index is 12.8. The average Bonchev–Trinajstić information content (AvgIpc) is 3.75. The van der Waals surface area contributed by atoms with E-state index in [4.69, 9.17) is 25.1 Å². The Morgan fingerprint density at radius 1 is 1.17 bits per heavy atom. The third-order valence-electron chi connectivity index (χ3n) is 7.59. The van der Waals surface area contributed by atoms with Gasteiger partial charge in [-0.3, -0.25) is 9.59 Å². The number of furan rings is 1. The van der Waals surface area contributed by atoms with Gasteiger partial charge in [-0.1, -0.05) is 18.0 Å². The number of rotatable bonds is 7. The number of nitrogens with zero attached hydrogens (tertiary/aromatic N) is 6. The summed E-state index contributed by atoms with van der Waals surface area (Å²) in [6, 6.07) is 3.15. The number of hydrogen-bond acceptors (Lipinski definition) is 14. The van der Waals surface area contributed by atoms with Crippen LogP contribution in [0.25, 0.3) is 27.2 Å². The molecule has 0 bridgehead atoms. The van der Waals surface area contributed by atoms with Crippen LogP contribution >= 0.6 is 11.3 Å². The molecule has 5 aromatic heterocycles. The van der Waals surface area contributed by atoms with Crippen LogP contribution in [0.2, 0.25) is 0 Å². The molecule has 0 unspecified atom stereocenters. The van der Waals surface area contributed by atoms with E-state index in [9.17, 15) is 9.59 Å². The van der Waals surface area contributed by atoms with Gasteiger partial charge in [-0.25, -0.2) is 4.98 Å². The lowest BCUT2D eigenvalue weighted by atomic mass is 9.91. The Balaban J connectivity index is 1.23. The molecule has 0 radical (unpaired) electrons. The van der Waals surface area contributed by atoms with Gasteiger partial charge in [0.1, 0.15) is 23.8 Å². The normalized spacial score (nSPS) is 19.4. The summed E-state index contributed by atoms with van der Waals surface area (Å²) in [7, 11) is 0. The van der Waals surface area contributed by atoms with Crippen LogP contribution in [-0.4, -0.2) is 69.0 Å². The fourth-order valence-electron chi connectivity index (χ4n) is 5.42. The molecular weight excluding hydrogens is 564 g/mol. The van der Waals surface area contributed by atoms with E-state index >= 15 is 0 Å². The molecule has 2 fully saturated rings. The van der Waals surface area contributed by atoms with Gasteiger partial charge in [0.15, 0.2) is 17.0 Å². The van der Waals surface area contributed by atoms with Crippen molar-refractivity contribution in [3.05, 3.63) is 40.5 Å². The molecule has 0 spiro atoms. The van der Waals surface area contributed by atoms with E-state index in [1.807, 2.05) is 0 Å². The molecule has 1 saturated carbocycles. The number of carbonyl (C=O) groups excluding carboxylic acids is 1.